The van der Waals surface area contributed by atoms with Gasteiger partial charge in [0.05, 0.1) is 6.61 Å². The number of imide groups is 1. The molecule has 3 N–H and O–H groups in total. The van der Waals surface area contributed by atoms with Crippen molar-refractivity contribution in [1.82, 2.24) is 15.5 Å². The minimum absolute atomic E-state index is 0.363. The number of carbonyl (C=O) groups is 3. The van der Waals surface area contributed by atoms with Crippen molar-refractivity contribution in [2.24, 2.45) is 0 Å². The number of nitrogens with zero attached hydrogens (tertiary/aromatic N) is 1. The number of urea groups is 1. The number of methoxy groups -OCH3 is 1. The number of likely N-dealkylation sites (N-methyl/N-ethyl adjacent to an activating group) is 1. The summed E-state index contributed by atoms with van der Waals surface area (Å²) in [6, 6.07) is -0.666. The van der Waals surface area contributed by atoms with Crippen molar-refractivity contribution >= 4 is 17.9 Å². The average molecular weight is 273 g/mol. The van der Waals surface area contributed by atoms with E-state index in [2.05, 4.69) is 5.32 Å². The number of nitrogens with one attached hydrogen (secondary N) is 2. The van der Waals surface area contributed by atoms with Crippen LogP contribution in [0.25, 0.3) is 0 Å². The number of aliphatic carboxylic acids is 1. The molecule has 0 aliphatic carbocycles. The second kappa shape index (κ2) is 10.0. The molecule has 0 saturated heterocycles. The number of amides is 3. The van der Waals surface area contributed by atoms with Crippen LogP contribution in [-0.2, 0) is 14.3 Å². The highest BCUT2D eigenvalue weighted by Crippen LogP contribution is 1.81. The van der Waals surface area contributed by atoms with Gasteiger partial charge in [0.1, 0.15) is 0 Å². The average Bonchev–Trinajstić information content (AvgIpc) is 2.33. The minimum Gasteiger partial charge on any atom is -0.478 e. The van der Waals surface area contributed by atoms with Gasteiger partial charge < -0.3 is 20.1 Å². The molecule has 8 heteroatoms. The summed E-state index contributed by atoms with van der Waals surface area (Å²) in [5.74, 6) is -2.04. The molecule has 8 nitrogen and oxygen atoms in total. The van der Waals surface area contributed by atoms with Crippen LogP contribution in [0.3, 0.4) is 0 Å². The van der Waals surface area contributed by atoms with Crippen molar-refractivity contribution < 1.29 is 24.2 Å². The van der Waals surface area contributed by atoms with Crippen LogP contribution in [0.4, 0.5) is 4.79 Å². The Bertz CT molecular complexity index is 343. The van der Waals surface area contributed by atoms with Gasteiger partial charge >= 0.3 is 12.0 Å². The molecule has 0 saturated carbocycles. The highest BCUT2D eigenvalue weighted by Gasteiger charge is 2.05. The zero-order valence-corrected chi connectivity index (χ0v) is 11.0. The van der Waals surface area contributed by atoms with E-state index in [4.69, 9.17) is 9.84 Å². The largest absolute Gasteiger partial charge is 0.478 e. The fourth-order valence-electron chi connectivity index (χ4n) is 1.06. The summed E-state index contributed by atoms with van der Waals surface area (Å²) in [6.07, 6.45) is 1.42. The maximum atomic E-state index is 11.2. The van der Waals surface area contributed by atoms with Crippen molar-refractivity contribution in [2.45, 2.75) is 0 Å². The van der Waals surface area contributed by atoms with Crippen molar-refractivity contribution in [3.05, 3.63) is 12.2 Å². The van der Waals surface area contributed by atoms with Gasteiger partial charge in [-0.15, -0.1) is 0 Å². The highest BCUT2D eigenvalue weighted by molar-refractivity contribution is 6.02. The first kappa shape index (κ1) is 17.1. The third-order valence-electron chi connectivity index (χ3n) is 2.07. The molecule has 0 aliphatic heterocycles. The Kier molecular flexibility index (Phi) is 9.02. The quantitative estimate of drug-likeness (QED) is 0.491. The molecule has 0 fully saturated rings. The van der Waals surface area contributed by atoms with Crippen LogP contribution in [0.5, 0.6) is 0 Å². The van der Waals surface area contributed by atoms with Gasteiger partial charge in [0.25, 0.3) is 5.91 Å². The summed E-state index contributed by atoms with van der Waals surface area (Å²) in [5.41, 5.74) is 0. The molecule has 0 radical (unpaired) electrons. The molecule has 3 amide bonds. The van der Waals surface area contributed by atoms with Gasteiger partial charge in [0.2, 0.25) is 0 Å². The molecule has 0 aromatic heterocycles. The summed E-state index contributed by atoms with van der Waals surface area (Å²) in [4.78, 5) is 34.4. The van der Waals surface area contributed by atoms with Crippen molar-refractivity contribution in [3.63, 3.8) is 0 Å². The molecule has 19 heavy (non-hydrogen) atoms. The fraction of sp³-hybridized carbons (Fsp3) is 0.545. The monoisotopic (exact) mass is 273 g/mol. The van der Waals surface area contributed by atoms with E-state index in [1.165, 1.54) is 0 Å². The lowest BCUT2D eigenvalue weighted by Gasteiger charge is -2.15. The van der Waals surface area contributed by atoms with Crippen LogP contribution in [0.15, 0.2) is 12.2 Å². The smallest absolute Gasteiger partial charge is 0.328 e. The van der Waals surface area contributed by atoms with E-state index in [0.29, 0.717) is 25.8 Å². The van der Waals surface area contributed by atoms with Gasteiger partial charge in [-0.1, -0.05) is 0 Å². The third-order valence-corrected chi connectivity index (χ3v) is 2.07. The van der Waals surface area contributed by atoms with Crippen LogP contribution < -0.4 is 10.6 Å². The van der Waals surface area contributed by atoms with E-state index in [1.54, 1.807) is 7.11 Å². The SMILES string of the molecule is COCCN(C)CCNC(=O)NC(=O)/C=C/C(=O)O. The zero-order chi connectivity index (χ0) is 14.7. The first-order chi connectivity index (χ1) is 8.95. The van der Waals surface area contributed by atoms with E-state index in [9.17, 15) is 14.4 Å². The number of hydrogen-bond acceptors (Lipinski definition) is 5. The second-order valence-electron chi connectivity index (χ2n) is 3.71. The summed E-state index contributed by atoms with van der Waals surface area (Å²) in [7, 11) is 3.48. The van der Waals surface area contributed by atoms with Crippen LogP contribution in [0, 0.1) is 0 Å². The third kappa shape index (κ3) is 10.9. The molecule has 0 aliphatic rings. The predicted molar refractivity (Wildman–Crippen MR) is 67.7 cm³/mol. The molecule has 0 aromatic rings. The molecule has 0 heterocycles. The fourth-order valence-corrected chi connectivity index (χ4v) is 1.06. The summed E-state index contributed by atoms with van der Waals surface area (Å²) < 4.78 is 4.90. The molecule has 0 aromatic carbocycles. The molecule has 108 valence electrons. The molecule has 0 atom stereocenters. The lowest BCUT2D eigenvalue weighted by Crippen LogP contribution is -2.42. The van der Waals surface area contributed by atoms with Gasteiger partial charge in [-0.3, -0.25) is 10.1 Å². The predicted octanol–water partition coefficient (Wildman–Crippen LogP) is -0.969. The number of hydrogen-bond donors (Lipinski definition) is 3. The maximum absolute atomic E-state index is 11.2. The number of carbonyl (C=O) groups excluding carboxylic acids is 2. The van der Waals surface area contributed by atoms with Crippen LogP contribution >= 0.6 is 0 Å². The Hall–Kier alpha value is -1.93. The summed E-state index contributed by atoms with van der Waals surface area (Å²) in [5, 5.41) is 12.7. The van der Waals surface area contributed by atoms with Crippen molar-refractivity contribution in [2.75, 3.05) is 40.4 Å². The normalized spacial score (nSPS) is 10.7. The Morgan fingerprint density at radius 1 is 1.26 bits per heavy atom. The van der Waals surface area contributed by atoms with E-state index in [0.717, 1.165) is 12.6 Å². The van der Waals surface area contributed by atoms with E-state index in [-0.39, 0.29) is 0 Å². The molecular weight excluding hydrogens is 254 g/mol. The standard InChI is InChI=1S/C11H19N3O5/c1-14(7-8-19-2)6-5-12-11(18)13-9(15)3-4-10(16)17/h3-4H,5-8H2,1-2H3,(H,16,17)(H2,12,13,15,18)/b4-3+. The topological polar surface area (TPSA) is 108 Å². The lowest BCUT2D eigenvalue weighted by molar-refractivity contribution is -0.131. The highest BCUT2D eigenvalue weighted by atomic mass is 16.5. The Morgan fingerprint density at radius 3 is 2.53 bits per heavy atom. The summed E-state index contributed by atoms with van der Waals surface area (Å²) in [6.45, 7) is 2.30. The number of ether oxygens (including phenoxy) is 1. The van der Waals surface area contributed by atoms with E-state index >= 15 is 0 Å². The second-order valence-corrected chi connectivity index (χ2v) is 3.71. The Labute approximate surface area is 111 Å². The molecule has 0 spiro atoms. The molecule has 0 unspecified atom stereocenters. The molecular formula is C11H19N3O5. The van der Waals surface area contributed by atoms with Crippen molar-refractivity contribution in [3.8, 4) is 0 Å². The van der Waals surface area contributed by atoms with Crippen molar-refractivity contribution in [1.29, 1.82) is 0 Å². The first-order valence-corrected chi connectivity index (χ1v) is 5.63. The van der Waals surface area contributed by atoms with Crippen LogP contribution in [0.2, 0.25) is 0 Å². The van der Waals surface area contributed by atoms with Crippen LogP contribution in [-0.4, -0.2) is 68.3 Å². The number of rotatable bonds is 8. The van der Waals surface area contributed by atoms with Gasteiger partial charge in [-0.25, -0.2) is 9.59 Å². The zero-order valence-electron chi connectivity index (χ0n) is 11.0. The number of carboxylic acid groups (broad SMARTS) is 1. The van der Waals surface area contributed by atoms with Gasteiger partial charge in [0.15, 0.2) is 0 Å². The van der Waals surface area contributed by atoms with E-state index < -0.39 is 17.9 Å². The van der Waals surface area contributed by atoms with Gasteiger partial charge in [-0.2, -0.15) is 0 Å². The molecule has 0 bridgehead atoms. The Balaban J connectivity index is 3.75. The van der Waals surface area contributed by atoms with Crippen LogP contribution in [0.1, 0.15) is 0 Å². The van der Waals surface area contributed by atoms with Gasteiger partial charge in [0, 0.05) is 38.9 Å². The van der Waals surface area contributed by atoms with E-state index in [1.807, 2.05) is 17.3 Å². The molecule has 0 rings (SSSR count). The Morgan fingerprint density at radius 2 is 1.95 bits per heavy atom. The minimum atomic E-state index is -1.25. The summed E-state index contributed by atoms with van der Waals surface area (Å²) >= 11 is 0. The lowest BCUT2D eigenvalue weighted by atomic mass is 10.4. The van der Waals surface area contributed by atoms with Gasteiger partial charge in [-0.05, 0) is 7.05 Å². The first-order valence-electron chi connectivity index (χ1n) is 5.63. The maximum Gasteiger partial charge on any atom is 0.328 e. The number of carboxylic acids is 1.